The molecule has 2 aromatic carbocycles. The summed E-state index contributed by atoms with van der Waals surface area (Å²) in [6.45, 7) is -0.797. The van der Waals surface area contributed by atoms with Crippen molar-refractivity contribution in [2.75, 3.05) is 13.7 Å². The molecule has 0 N–H and O–H groups in total. The van der Waals surface area contributed by atoms with Crippen LogP contribution in [0.25, 0.3) is 0 Å². The lowest BCUT2D eigenvalue weighted by atomic mass is 10.1. The Kier molecular flexibility index (Phi) is 5.36. The van der Waals surface area contributed by atoms with Crippen LogP contribution in [0.15, 0.2) is 42.5 Å². The van der Waals surface area contributed by atoms with Gasteiger partial charge in [0.2, 0.25) is 5.78 Å². The van der Waals surface area contributed by atoms with Gasteiger partial charge in [-0.2, -0.15) is 0 Å². The maximum Gasteiger partial charge on any atom is 0.339 e. The smallest absolute Gasteiger partial charge is 0.339 e. The van der Waals surface area contributed by atoms with Crippen molar-refractivity contribution in [3.63, 3.8) is 0 Å². The van der Waals surface area contributed by atoms with Crippen LogP contribution in [0.4, 0.5) is 8.78 Å². The molecule has 0 bridgehead atoms. The van der Waals surface area contributed by atoms with Crippen molar-refractivity contribution in [1.82, 2.24) is 0 Å². The van der Waals surface area contributed by atoms with Gasteiger partial charge in [0.1, 0.15) is 11.6 Å². The number of halogens is 2. The third kappa shape index (κ3) is 3.81. The quantitative estimate of drug-likeness (QED) is 0.621. The molecule has 7 heteroatoms. The van der Waals surface area contributed by atoms with Gasteiger partial charge in [-0.3, -0.25) is 4.79 Å². The summed E-state index contributed by atoms with van der Waals surface area (Å²) >= 11 is 0. The van der Waals surface area contributed by atoms with Crippen molar-refractivity contribution < 1.29 is 32.6 Å². The fourth-order valence-electron chi connectivity index (χ4n) is 1.95. The first-order valence-electron chi connectivity index (χ1n) is 6.76. The largest absolute Gasteiger partial charge is 0.465 e. The highest BCUT2D eigenvalue weighted by Gasteiger charge is 2.20. The minimum Gasteiger partial charge on any atom is -0.465 e. The van der Waals surface area contributed by atoms with Crippen molar-refractivity contribution in [3.8, 4) is 0 Å². The van der Waals surface area contributed by atoms with Crippen LogP contribution in [-0.2, 0) is 9.47 Å². The molecule has 0 aliphatic carbocycles. The molecule has 0 atom stereocenters. The summed E-state index contributed by atoms with van der Waals surface area (Å²) in [4.78, 5) is 35.5. The number of carbonyl (C=O) groups is 3. The summed E-state index contributed by atoms with van der Waals surface area (Å²) in [5.74, 6) is -4.32. The van der Waals surface area contributed by atoms with E-state index in [2.05, 4.69) is 4.74 Å². The molecule has 0 spiro atoms. The normalized spacial score (nSPS) is 10.1. The minimum absolute atomic E-state index is 0.0330. The highest BCUT2D eigenvalue weighted by molar-refractivity contribution is 6.04. The second-order valence-electron chi connectivity index (χ2n) is 4.66. The topological polar surface area (TPSA) is 69.7 Å². The Morgan fingerprint density at radius 3 is 2.17 bits per heavy atom. The van der Waals surface area contributed by atoms with Crippen LogP contribution in [0, 0.1) is 11.6 Å². The third-order valence-corrected chi connectivity index (χ3v) is 3.12. The fraction of sp³-hybridized carbons (Fsp3) is 0.118. The van der Waals surface area contributed by atoms with E-state index in [1.807, 2.05) is 0 Å². The van der Waals surface area contributed by atoms with E-state index in [0.717, 1.165) is 19.2 Å². The van der Waals surface area contributed by atoms with Gasteiger partial charge >= 0.3 is 11.9 Å². The first-order valence-corrected chi connectivity index (χ1v) is 6.76. The minimum atomic E-state index is -0.957. The number of hydrogen-bond donors (Lipinski definition) is 0. The molecular formula is C17H12F2O5. The lowest BCUT2D eigenvalue weighted by molar-refractivity contribution is 0.0462. The van der Waals surface area contributed by atoms with Crippen molar-refractivity contribution in [3.05, 3.63) is 70.8 Å². The number of ether oxygens (including phenoxy) is 2. The monoisotopic (exact) mass is 334 g/mol. The van der Waals surface area contributed by atoms with Crippen LogP contribution in [0.5, 0.6) is 0 Å². The van der Waals surface area contributed by atoms with Gasteiger partial charge in [-0.1, -0.05) is 12.1 Å². The SMILES string of the molecule is COC(=O)c1ccccc1C(=O)OCC(=O)c1cc(F)ccc1F. The van der Waals surface area contributed by atoms with Crippen LogP contribution in [-0.4, -0.2) is 31.4 Å². The van der Waals surface area contributed by atoms with Gasteiger partial charge in [0, 0.05) is 0 Å². The summed E-state index contributed by atoms with van der Waals surface area (Å²) < 4.78 is 35.9. The number of Topliss-reactive ketones (excluding diaryl/α,β-unsaturated/α-hetero) is 1. The Morgan fingerprint density at radius 1 is 0.917 bits per heavy atom. The Hall–Kier alpha value is -3.09. The summed E-state index contributed by atoms with van der Waals surface area (Å²) in [5.41, 5.74) is -0.657. The van der Waals surface area contributed by atoms with Crippen LogP contribution < -0.4 is 0 Å². The molecule has 24 heavy (non-hydrogen) atoms. The average molecular weight is 334 g/mol. The lowest BCUT2D eigenvalue weighted by Crippen LogP contribution is -2.18. The van der Waals surface area contributed by atoms with E-state index in [4.69, 9.17) is 4.74 Å². The molecule has 0 aliphatic rings. The Morgan fingerprint density at radius 2 is 1.54 bits per heavy atom. The molecule has 0 aliphatic heterocycles. The van der Waals surface area contributed by atoms with E-state index in [9.17, 15) is 23.2 Å². The molecule has 0 aromatic heterocycles. The summed E-state index contributed by atoms with van der Waals surface area (Å²) in [5, 5.41) is 0. The Balaban J connectivity index is 2.13. The van der Waals surface area contributed by atoms with Gasteiger partial charge in [0.25, 0.3) is 0 Å². The molecule has 2 rings (SSSR count). The first-order chi connectivity index (χ1) is 11.4. The molecule has 0 heterocycles. The second-order valence-corrected chi connectivity index (χ2v) is 4.66. The van der Waals surface area contributed by atoms with E-state index in [1.165, 1.54) is 24.3 Å². The maximum atomic E-state index is 13.5. The van der Waals surface area contributed by atoms with Gasteiger partial charge < -0.3 is 9.47 Å². The molecule has 0 fully saturated rings. The average Bonchev–Trinajstić information content (AvgIpc) is 2.60. The van der Waals surface area contributed by atoms with E-state index in [1.54, 1.807) is 0 Å². The maximum absolute atomic E-state index is 13.5. The summed E-state index contributed by atoms with van der Waals surface area (Å²) in [7, 11) is 1.15. The van der Waals surface area contributed by atoms with Crippen LogP contribution in [0.3, 0.4) is 0 Å². The molecule has 0 unspecified atom stereocenters. The number of hydrogen-bond acceptors (Lipinski definition) is 5. The number of rotatable bonds is 5. The van der Waals surface area contributed by atoms with Crippen LogP contribution in [0.1, 0.15) is 31.1 Å². The molecule has 124 valence electrons. The van der Waals surface area contributed by atoms with Crippen LogP contribution >= 0.6 is 0 Å². The van der Waals surface area contributed by atoms with Gasteiger partial charge in [-0.15, -0.1) is 0 Å². The van der Waals surface area contributed by atoms with Gasteiger partial charge in [-0.05, 0) is 30.3 Å². The van der Waals surface area contributed by atoms with E-state index < -0.39 is 41.5 Å². The predicted molar refractivity (Wildman–Crippen MR) is 78.8 cm³/mol. The fourth-order valence-corrected chi connectivity index (χ4v) is 1.95. The van der Waals surface area contributed by atoms with Crippen LogP contribution in [0.2, 0.25) is 0 Å². The highest BCUT2D eigenvalue weighted by atomic mass is 19.1. The molecule has 0 saturated heterocycles. The van der Waals surface area contributed by atoms with Crippen molar-refractivity contribution in [2.24, 2.45) is 0 Å². The Labute approximate surface area is 135 Å². The van der Waals surface area contributed by atoms with E-state index in [0.29, 0.717) is 6.07 Å². The van der Waals surface area contributed by atoms with Crippen molar-refractivity contribution in [2.45, 2.75) is 0 Å². The zero-order chi connectivity index (χ0) is 17.7. The standard InChI is InChI=1S/C17H12F2O5/c1-23-16(21)11-4-2-3-5-12(11)17(22)24-9-15(20)13-8-10(18)6-7-14(13)19/h2-8H,9H2,1H3. The summed E-state index contributed by atoms with van der Waals surface area (Å²) in [6.07, 6.45) is 0. The Bertz CT molecular complexity index is 801. The zero-order valence-corrected chi connectivity index (χ0v) is 12.5. The highest BCUT2D eigenvalue weighted by Crippen LogP contribution is 2.14. The third-order valence-electron chi connectivity index (χ3n) is 3.12. The molecule has 5 nitrogen and oxygen atoms in total. The number of esters is 2. The number of benzene rings is 2. The van der Waals surface area contributed by atoms with Gasteiger partial charge in [0.05, 0.1) is 23.8 Å². The first kappa shape index (κ1) is 17.3. The summed E-state index contributed by atoms with van der Waals surface area (Å²) in [6, 6.07) is 8.08. The zero-order valence-electron chi connectivity index (χ0n) is 12.5. The molecule has 0 amide bonds. The van der Waals surface area contributed by atoms with E-state index >= 15 is 0 Å². The second kappa shape index (κ2) is 7.45. The number of methoxy groups -OCH3 is 1. The molecular weight excluding hydrogens is 322 g/mol. The number of ketones is 1. The van der Waals surface area contributed by atoms with Gasteiger partial charge in [-0.25, -0.2) is 18.4 Å². The van der Waals surface area contributed by atoms with Crippen molar-refractivity contribution >= 4 is 17.7 Å². The molecule has 0 saturated carbocycles. The molecule has 0 radical (unpaired) electrons. The number of carbonyl (C=O) groups excluding carboxylic acids is 3. The lowest BCUT2D eigenvalue weighted by Gasteiger charge is -2.08. The predicted octanol–water partition coefficient (Wildman–Crippen LogP) is 2.79. The molecule has 2 aromatic rings. The van der Waals surface area contributed by atoms with E-state index in [-0.39, 0.29) is 11.1 Å². The van der Waals surface area contributed by atoms with Crippen molar-refractivity contribution in [1.29, 1.82) is 0 Å². The van der Waals surface area contributed by atoms with Gasteiger partial charge in [0.15, 0.2) is 6.61 Å².